The molecule has 0 bridgehead atoms. The Morgan fingerprint density at radius 2 is 1.62 bits per heavy atom. The fourth-order valence-corrected chi connectivity index (χ4v) is 3.54. The molecule has 10 heteroatoms. The zero-order valence-corrected chi connectivity index (χ0v) is 18.2. The molecule has 4 nitrogen and oxygen atoms in total. The van der Waals surface area contributed by atoms with Gasteiger partial charge in [0.1, 0.15) is 0 Å². The third-order valence-corrected chi connectivity index (χ3v) is 5.24. The molecule has 0 saturated heterocycles. The number of anilines is 1. The van der Waals surface area contributed by atoms with Crippen LogP contribution >= 0.6 is 0 Å². The Balaban J connectivity index is 2.03. The molecule has 180 valence electrons. The van der Waals surface area contributed by atoms with E-state index >= 15 is 0 Å². The van der Waals surface area contributed by atoms with E-state index in [1.165, 1.54) is 0 Å². The number of rotatable bonds is 5. The highest BCUT2D eigenvalue weighted by Gasteiger charge is 2.37. The summed E-state index contributed by atoms with van der Waals surface area (Å²) in [7, 11) is 0. The standard InChI is InChI=1S/C24H21F6N3O/c1-3-15-7-4-6-14(2)19(15)32-22(34)33-20(16-9-11-17(12-10-16)23(25,26)27)21-18(24(28,29)30)8-5-13-31-21/h4-13,20H,3H2,1-2H3,(H2,32,33,34)/t20-/m0/s1. The summed E-state index contributed by atoms with van der Waals surface area (Å²) < 4.78 is 79.9. The number of urea groups is 1. The fraction of sp³-hybridized carbons (Fsp3) is 0.250. The van der Waals surface area contributed by atoms with Gasteiger partial charge in [0, 0.05) is 11.9 Å². The Hall–Kier alpha value is -3.56. The van der Waals surface area contributed by atoms with E-state index in [-0.39, 0.29) is 5.56 Å². The van der Waals surface area contributed by atoms with Gasteiger partial charge in [-0.2, -0.15) is 26.3 Å². The molecule has 0 aliphatic heterocycles. The van der Waals surface area contributed by atoms with Crippen LogP contribution in [0.15, 0.2) is 60.8 Å². The average Bonchev–Trinajstić information content (AvgIpc) is 2.78. The lowest BCUT2D eigenvalue weighted by atomic mass is 9.98. The molecule has 0 fully saturated rings. The van der Waals surface area contributed by atoms with E-state index in [1.807, 2.05) is 13.0 Å². The van der Waals surface area contributed by atoms with Gasteiger partial charge in [-0.25, -0.2) is 4.79 Å². The first-order chi connectivity index (χ1) is 15.9. The highest BCUT2D eigenvalue weighted by molar-refractivity contribution is 5.91. The largest absolute Gasteiger partial charge is 0.418 e. The van der Waals surface area contributed by atoms with Crippen LogP contribution in [-0.4, -0.2) is 11.0 Å². The Morgan fingerprint density at radius 1 is 0.941 bits per heavy atom. The minimum Gasteiger partial charge on any atom is -0.325 e. The molecule has 0 saturated carbocycles. The van der Waals surface area contributed by atoms with Gasteiger partial charge in [0.2, 0.25) is 0 Å². The predicted molar refractivity (Wildman–Crippen MR) is 115 cm³/mol. The SMILES string of the molecule is CCc1cccc(C)c1NC(=O)N[C@@H](c1ccc(C(F)(F)F)cc1)c1ncccc1C(F)(F)F. The van der Waals surface area contributed by atoms with Gasteiger partial charge < -0.3 is 10.6 Å². The van der Waals surface area contributed by atoms with Crippen LogP contribution in [0.3, 0.4) is 0 Å². The summed E-state index contributed by atoms with van der Waals surface area (Å²) in [6, 6.07) is 8.52. The minimum absolute atomic E-state index is 0.00727. The molecule has 0 unspecified atom stereocenters. The maximum absolute atomic E-state index is 13.7. The number of aryl methyl sites for hydroxylation is 2. The van der Waals surface area contributed by atoms with Crippen molar-refractivity contribution in [2.24, 2.45) is 0 Å². The number of pyridine rings is 1. The molecule has 2 N–H and O–H groups in total. The van der Waals surface area contributed by atoms with Crippen LogP contribution in [0.5, 0.6) is 0 Å². The number of carbonyl (C=O) groups excluding carboxylic acids is 1. The maximum atomic E-state index is 13.7. The Kier molecular flexibility index (Phi) is 7.18. The second-order valence-corrected chi connectivity index (χ2v) is 7.55. The second-order valence-electron chi connectivity index (χ2n) is 7.55. The van der Waals surface area contributed by atoms with Crippen molar-refractivity contribution in [3.05, 3.63) is 94.3 Å². The predicted octanol–water partition coefficient (Wildman–Crippen LogP) is 6.90. The highest BCUT2D eigenvalue weighted by Crippen LogP contribution is 2.36. The molecule has 3 rings (SSSR count). The van der Waals surface area contributed by atoms with Crippen LogP contribution in [0.25, 0.3) is 0 Å². The number of amides is 2. The molecule has 1 atom stereocenters. The molecule has 3 aromatic rings. The first kappa shape index (κ1) is 25.1. The number of nitrogens with one attached hydrogen (secondary N) is 2. The summed E-state index contributed by atoms with van der Waals surface area (Å²) in [5, 5.41) is 5.11. The summed E-state index contributed by atoms with van der Waals surface area (Å²) in [6.45, 7) is 3.65. The van der Waals surface area contributed by atoms with Crippen LogP contribution in [0.1, 0.15) is 46.5 Å². The lowest BCUT2D eigenvalue weighted by Crippen LogP contribution is -2.35. The number of alkyl halides is 6. The molecule has 1 heterocycles. The molecular weight excluding hydrogens is 460 g/mol. The van der Waals surface area contributed by atoms with Crippen LogP contribution in [-0.2, 0) is 18.8 Å². The minimum atomic E-state index is -4.79. The summed E-state index contributed by atoms with van der Waals surface area (Å²) in [6.07, 6.45) is -7.70. The van der Waals surface area contributed by atoms with Crippen LogP contribution < -0.4 is 10.6 Å². The highest BCUT2D eigenvalue weighted by atomic mass is 19.4. The van der Waals surface area contributed by atoms with Crippen molar-refractivity contribution in [3.63, 3.8) is 0 Å². The van der Waals surface area contributed by atoms with Gasteiger partial charge in [0.15, 0.2) is 0 Å². The zero-order valence-electron chi connectivity index (χ0n) is 18.2. The number of carbonyl (C=O) groups is 1. The quantitative estimate of drug-likeness (QED) is 0.390. The van der Waals surface area contributed by atoms with E-state index in [0.29, 0.717) is 12.1 Å². The summed E-state index contributed by atoms with van der Waals surface area (Å²) >= 11 is 0. The van der Waals surface area contributed by atoms with Gasteiger partial charge in [-0.15, -0.1) is 0 Å². The second kappa shape index (κ2) is 9.74. The third kappa shape index (κ3) is 5.67. The Morgan fingerprint density at radius 3 is 2.21 bits per heavy atom. The van der Waals surface area contributed by atoms with E-state index in [1.54, 1.807) is 19.1 Å². The number of hydrogen-bond acceptors (Lipinski definition) is 2. The summed E-state index contributed by atoms with van der Waals surface area (Å²) in [5.74, 6) is 0. The Bertz CT molecular complexity index is 1160. The first-order valence-corrected chi connectivity index (χ1v) is 10.3. The number of benzene rings is 2. The van der Waals surface area contributed by atoms with Gasteiger partial charge in [0.05, 0.1) is 22.9 Å². The van der Waals surface area contributed by atoms with E-state index in [0.717, 1.165) is 53.7 Å². The molecular formula is C24H21F6N3O. The van der Waals surface area contributed by atoms with Gasteiger partial charge in [0.25, 0.3) is 0 Å². The molecule has 0 spiro atoms. The topological polar surface area (TPSA) is 54.0 Å². The molecule has 34 heavy (non-hydrogen) atoms. The number of halogens is 6. The van der Waals surface area contributed by atoms with Crippen LogP contribution in [0, 0.1) is 6.92 Å². The van der Waals surface area contributed by atoms with Gasteiger partial charge in [-0.05, 0) is 54.3 Å². The normalized spacial score (nSPS) is 12.8. The monoisotopic (exact) mass is 481 g/mol. The third-order valence-electron chi connectivity index (χ3n) is 5.24. The molecule has 0 radical (unpaired) electrons. The van der Waals surface area contributed by atoms with Crippen molar-refractivity contribution in [1.29, 1.82) is 0 Å². The van der Waals surface area contributed by atoms with Crippen molar-refractivity contribution in [2.45, 2.75) is 38.7 Å². The number of hydrogen-bond donors (Lipinski definition) is 2. The molecule has 1 aromatic heterocycles. The first-order valence-electron chi connectivity index (χ1n) is 10.3. The smallest absolute Gasteiger partial charge is 0.325 e. The zero-order chi connectivity index (χ0) is 25.1. The van der Waals surface area contributed by atoms with Crippen molar-refractivity contribution < 1.29 is 31.1 Å². The van der Waals surface area contributed by atoms with Crippen molar-refractivity contribution in [2.75, 3.05) is 5.32 Å². The average molecular weight is 481 g/mol. The summed E-state index contributed by atoms with van der Waals surface area (Å²) in [5.41, 5.74) is -0.539. The fourth-order valence-electron chi connectivity index (χ4n) is 3.54. The number of aromatic nitrogens is 1. The van der Waals surface area contributed by atoms with E-state index in [4.69, 9.17) is 0 Å². The lowest BCUT2D eigenvalue weighted by molar-refractivity contribution is -0.139. The van der Waals surface area contributed by atoms with Gasteiger partial charge in [-0.1, -0.05) is 37.3 Å². The molecule has 2 aromatic carbocycles. The van der Waals surface area contributed by atoms with Crippen LogP contribution in [0.2, 0.25) is 0 Å². The number of nitrogens with zero attached hydrogens (tertiary/aromatic N) is 1. The molecule has 2 amide bonds. The van der Waals surface area contributed by atoms with E-state index < -0.39 is 41.2 Å². The Labute approximate surface area is 192 Å². The van der Waals surface area contributed by atoms with Crippen molar-refractivity contribution >= 4 is 11.7 Å². The maximum Gasteiger partial charge on any atom is 0.418 e. The van der Waals surface area contributed by atoms with Crippen molar-refractivity contribution in [1.82, 2.24) is 10.3 Å². The van der Waals surface area contributed by atoms with Gasteiger partial charge in [-0.3, -0.25) is 4.98 Å². The molecule has 0 aliphatic rings. The van der Waals surface area contributed by atoms with Gasteiger partial charge >= 0.3 is 18.4 Å². The van der Waals surface area contributed by atoms with Crippen LogP contribution in [0.4, 0.5) is 36.8 Å². The lowest BCUT2D eigenvalue weighted by Gasteiger charge is -2.23. The van der Waals surface area contributed by atoms with E-state index in [9.17, 15) is 31.1 Å². The van der Waals surface area contributed by atoms with E-state index in [2.05, 4.69) is 15.6 Å². The van der Waals surface area contributed by atoms with Crippen molar-refractivity contribution in [3.8, 4) is 0 Å². The summed E-state index contributed by atoms with van der Waals surface area (Å²) in [4.78, 5) is 16.7. The number of para-hydroxylation sites is 1. The molecule has 0 aliphatic carbocycles.